The average Bonchev–Trinajstić information content (AvgIpc) is 2.93. The summed E-state index contributed by atoms with van der Waals surface area (Å²) in [7, 11) is 0. The molecular weight excluding hydrogens is 561 g/mol. The highest BCUT2D eigenvalue weighted by Crippen LogP contribution is 2.29. The molecule has 0 amide bonds. The van der Waals surface area contributed by atoms with Crippen molar-refractivity contribution < 1.29 is 17.9 Å². The molecule has 1 aliphatic heterocycles. The summed E-state index contributed by atoms with van der Waals surface area (Å²) in [4.78, 5) is 6.85. The second-order valence-corrected chi connectivity index (χ2v) is 13.0. The number of ether oxygens (including phenoxy) is 1. The van der Waals surface area contributed by atoms with Gasteiger partial charge in [-0.05, 0) is 91.6 Å². The monoisotopic (exact) mass is 608 g/mol. The Morgan fingerprint density at radius 3 is 2.09 bits per heavy atom. The molecule has 0 aliphatic carbocycles. The third-order valence-electron chi connectivity index (χ3n) is 8.25. The fourth-order valence-corrected chi connectivity index (χ4v) is 5.97. The molecule has 44 heavy (non-hydrogen) atoms. The molecule has 2 N–H and O–H groups in total. The third-order valence-corrected chi connectivity index (χ3v) is 8.25. The molecule has 0 aromatic heterocycles. The maximum absolute atomic E-state index is 15.1. The van der Waals surface area contributed by atoms with Gasteiger partial charge in [-0.1, -0.05) is 51.1 Å². The molecule has 8 heteroatoms. The van der Waals surface area contributed by atoms with Crippen LogP contribution in [0.5, 0.6) is 0 Å². The van der Waals surface area contributed by atoms with Gasteiger partial charge in [-0.2, -0.15) is 0 Å². The van der Waals surface area contributed by atoms with Crippen molar-refractivity contribution in [3.8, 4) is 0 Å². The van der Waals surface area contributed by atoms with E-state index in [-0.39, 0.29) is 35.5 Å². The van der Waals surface area contributed by atoms with Crippen molar-refractivity contribution >= 4 is 5.96 Å². The minimum atomic E-state index is -0.586. The third kappa shape index (κ3) is 8.85. The number of rotatable bonds is 9. The Morgan fingerprint density at radius 1 is 0.932 bits per heavy atom. The Labute approximate surface area is 260 Å². The molecular formula is C36H47F3N4O. The highest BCUT2D eigenvalue weighted by molar-refractivity contribution is 5.79. The Kier molecular flexibility index (Phi) is 11.1. The number of benzene rings is 3. The summed E-state index contributed by atoms with van der Waals surface area (Å²) in [6, 6.07) is 14.2. The standard InChI is InChI=1S/C36H47F3N4O/c1-23-17-28(36(5,6)7)18-24(2)30(23)15-16-40-35(41-19-27-11-13-29(37)14-12-27)42-20-33(34-31(38)9-8-10-32(34)39)43-21-25(3)44-26(4)22-43/h8-14,17-18,25-26,33H,15-16,19-22H2,1-7H3,(H2,40,41,42). The Bertz CT molecular complexity index is 1380. The van der Waals surface area contributed by atoms with Gasteiger partial charge in [0.1, 0.15) is 17.5 Å². The first-order valence-electron chi connectivity index (χ1n) is 15.5. The zero-order valence-electron chi connectivity index (χ0n) is 27.1. The van der Waals surface area contributed by atoms with Crippen LogP contribution in [-0.4, -0.2) is 49.2 Å². The lowest BCUT2D eigenvalue weighted by Crippen LogP contribution is -2.51. The van der Waals surface area contributed by atoms with Crippen LogP contribution < -0.4 is 10.6 Å². The van der Waals surface area contributed by atoms with Crippen LogP contribution in [0, 0.1) is 31.3 Å². The SMILES string of the molecule is Cc1cc(C(C)(C)C)cc(C)c1CCNC(=NCc1ccc(F)cc1)NCC(c1c(F)cccc1F)N1CC(C)OC(C)C1. The smallest absolute Gasteiger partial charge is 0.191 e. The summed E-state index contributed by atoms with van der Waals surface area (Å²) in [6.07, 6.45) is 0.636. The van der Waals surface area contributed by atoms with E-state index in [4.69, 9.17) is 9.73 Å². The van der Waals surface area contributed by atoms with Crippen molar-refractivity contribution in [2.24, 2.45) is 4.99 Å². The molecule has 1 fully saturated rings. The predicted octanol–water partition coefficient (Wildman–Crippen LogP) is 7.15. The molecule has 1 aliphatic rings. The zero-order valence-corrected chi connectivity index (χ0v) is 27.1. The number of aryl methyl sites for hydroxylation is 2. The van der Waals surface area contributed by atoms with Crippen LogP contribution in [0.15, 0.2) is 59.6 Å². The van der Waals surface area contributed by atoms with Gasteiger partial charge in [-0.15, -0.1) is 0 Å². The van der Waals surface area contributed by atoms with Gasteiger partial charge >= 0.3 is 0 Å². The second-order valence-electron chi connectivity index (χ2n) is 13.0. The van der Waals surface area contributed by atoms with Gasteiger partial charge in [0.15, 0.2) is 5.96 Å². The van der Waals surface area contributed by atoms with Crippen LogP contribution >= 0.6 is 0 Å². The van der Waals surface area contributed by atoms with E-state index in [9.17, 15) is 4.39 Å². The van der Waals surface area contributed by atoms with Crippen molar-refractivity contribution in [1.82, 2.24) is 15.5 Å². The molecule has 3 atom stereocenters. The minimum Gasteiger partial charge on any atom is -0.373 e. The van der Waals surface area contributed by atoms with E-state index in [1.165, 1.54) is 52.6 Å². The van der Waals surface area contributed by atoms with Crippen LogP contribution in [0.2, 0.25) is 0 Å². The molecule has 3 aromatic carbocycles. The van der Waals surface area contributed by atoms with Crippen molar-refractivity contribution in [2.75, 3.05) is 26.2 Å². The topological polar surface area (TPSA) is 48.9 Å². The van der Waals surface area contributed by atoms with Crippen LogP contribution in [0.3, 0.4) is 0 Å². The average molecular weight is 609 g/mol. The summed E-state index contributed by atoms with van der Waals surface area (Å²) in [6.45, 7) is 17.1. The highest BCUT2D eigenvalue weighted by atomic mass is 19.1. The summed E-state index contributed by atoms with van der Waals surface area (Å²) in [5.74, 6) is -0.940. The Balaban J connectivity index is 1.56. The van der Waals surface area contributed by atoms with E-state index >= 15 is 8.78 Å². The number of hydrogen-bond donors (Lipinski definition) is 2. The van der Waals surface area contributed by atoms with Crippen molar-refractivity contribution in [3.05, 3.63) is 105 Å². The summed E-state index contributed by atoms with van der Waals surface area (Å²) in [5, 5.41) is 6.81. The highest BCUT2D eigenvalue weighted by Gasteiger charge is 2.32. The molecule has 0 spiro atoms. The van der Waals surface area contributed by atoms with E-state index in [1.807, 2.05) is 13.8 Å². The summed E-state index contributed by atoms with van der Waals surface area (Å²) in [5.41, 5.74) is 6.05. The van der Waals surface area contributed by atoms with E-state index in [2.05, 4.69) is 62.3 Å². The summed E-state index contributed by atoms with van der Waals surface area (Å²) >= 11 is 0. The van der Waals surface area contributed by atoms with Gasteiger partial charge in [0.2, 0.25) is 0 Å². The number of nitrogens with zero attached hydrogens (tertiary/aromatic N) is 2. The van der Waals surface area contributed by atoms with E-state index in [1.54, 1.807) is 12.1 Å². The largest absolute Gasteiger partial charge is 0.373 e. The Hall–Kier alpha value is -3.36. The number of nitrogens with one attached hydrogen (secondary N) is 2. The first kappa shape index (κ1) is 33.5. The fourth-order valence-electron chi connectivity index (χ4n) is 5.97. The molecule has 1 saturated heterocycles. The molecule has 238 valence electrons. The van der Waals surface area contributed by atoms with Crippen molar-refractivity contribution in [2.45, 2.75) is 85.1 Å². The van der Waals surface area contributed by atoms with Gasteiger partial charge in [0, 0.05) is 31.7 Å². The molecule has 0 bridgehead atoms. The quantitative estimate of drug-likeness (QED) is 0.200. The number of halogens is 3. The lowest BCUT2D eigenvalue weighted by molar-refractivity contribution is -0.0810. The summed E-state index contributed by atoms with van der Waals surface area (Å²) < 4.78 is 49.7. The normalized spacial score (nSPS) is 18.7. The van der Waals surface area contributed by atoms with Gasteiger partial charge in [-0.3, -0.25) is 4.90 Å². The fraction of sp³-hybridized carbons (Fsp3) is 0.472. The van der Waals surface area contributed by atoms with E-state index < -0.39 is 17.7 Å². The molecule has 1 heterocycles. The van der Waals surface area contributed by atoms with Crippen molar-refractivity contribution in [3.63, 3.8) is 0 Å². The van der Waals surface area contributed by atoms with E-state index in [0.717, 1.165) is 12.0 Å². The first-order chi connectivity index (χ1) is 20.8. The molecule has 3 unspecified atom stereocenters. The molecule has 4 rings (SSSR count). The van der Waals surface area contributed by atoms with Gasteiger partial charge in [-0.25, -0.2) is 18.2 Å². The first-order valence-corrected chi connectivity index (χ1v) is 15.5. The Morgan fingerprint density at radius 2 is 1.52 bits per heavy atom. The maximum atomic E-state index is 15.1. The molecule has 5 nitrogen and oxygen atoms in total. The number of aliphatic imine (C=N–C) groups is 1. The van der Waals surface area contributed by atoms with Gasteiger partial charge < -0.3 is 15.4 Å². The second kappa shape index (κ2) is 14.6. The van der Waals surface area contributed by atoms with Crippen LogP contribution in [-0.2, 0) is 23.1 Å². The number of guanidine groups is 1. The maximum Gasteiger partial charge on any atom is 0.191 e. The number of hydrogen-bond acceptors (Lipinski definition) is 3. The zero-order chi connectivity index (χ0) is 32.0. The minimum absolute atomic E-state index is 0.0318. The molecule has 0 radical (unpaired) electrons. The number of morpholine rings is 1. The predicted molar refractivity (Wildman–Crippen MR) is 173 cm³/mol. The van der Waals surface area contributed by atoms with Crippen molar-refractivity contribution in [1.29, 1.82) is 0 Å². The van der Waals surface area contributed by atoms with Crippen LogP contribution in [0.4, 0.5) is 13.2 Å². The van der Waals surface area contributed by atoms with Crippen LogP contribution in [0.1, 0.15) is 74.0 Å². The van der Waals surface area contributed by atoms with Crippen LogP contribution in [0.25, 0.3) is 0 Å². The van der Waals surface area contributed by atoms with Gasteiger partial charge in [0.25, 0.3) is 0 Å². The lowest BCUT2D eigenvalue weighted by atomic mass is 9.83. The van der Waals surface area contributed by atoms with Gasteiger partial charge in [0.05, 0.1) is 24.8 Å². The molecule has 0 saturated carbocycles. The lowest BCUT2D eigenvalue weighted by Gasteiger charge is -2.40. The molecule has 3 aromatic rings. The van der Waals surface area contributed by atoms with E-state index in [0.29, 0.717) is 32.1 Å².